The van der Waals surface area contributed by atoms with E-state index in [0.717, 1.165) is 31.0 Å². The number of hydrogen-bond donors (Lipinski definition) is 2. The Morgan fingerprint density at radius 2 is 2.09 bits per heavy atom. The van der Waals surface area contributed by atoms with Crippen molar-refractivity contribution in [2.45, 2.75) is 25.4 Å². The third-order valence-electron chi connectivity index (χ3n) is 3.34. The normalized spacial score (nSPS) is 15.5. The van der Waals surface area contributed by atoms with Crippen LogP contribution in [0.5, 0.6) is 0 Å². The molecule has 0 aromatic heterocycles. The Bertz CT molecular complexity index is 543. The first-order valence-corrected chi connectivity index (χ1v) is 7.08. The molecule has 1 aliphatic heterocycles. The molecule has 1 amide bonds. The lowest BCUT2D eigenvalue weighted by atomic mass is 10.1. The van der Waals surface area contributed by atoms with Crippen molar-refractivity contribution in [3.63, 3.8) is 0 Å². The first-order valence-electron chi connectivity index (χ1n) is 7.08. The van der Waals surface area contributed by atoms with E-state index in [1.54, 1.807) is 0 Å². The third-order valence-corrected chi connectivity index (χ3v) is 3.34. The van der Waals surface area contributed by atoms with Gasteiger partial charge in [0.05, 0.1) is 30.4 Å². The van der Waals surface area contributed by atoms with E-state index in [0.29, 0.717) is 13.2 Å². The summed E-state index contributed by atoms with van der Waals surface area (Å²) in [7, 11) is 0. The van der Waals surface area contributed by atoms with E-state index >= 15 is 0 Å². The zero-order valence-electron chi connectivity index (χ0n) is 12.0. The molecule has 1 fully saturated rings. The summed E-state index contributed by atoms with van der Waals surface area (Å²) in [6.45, 7) is 1.55. The number of hydrogen-bond acceptors (Lipinski definition) is 4. The van der Waals surface area contributed by atoms with Crippen molar-refractivity contribution >= 4 is 17.6 Å². The molecular weight excluding hydrogens is 293 g/mol. The minimum Gasteiger partial charge on any atom is -0.478 e. The number of carboxylic acid groups (broad SMARTS) is 1. The highest BCUT2D eigenvalue weighted by atomic mass is 19.1. The van der Waals surface area contributed by atoms with Crippen molar-refractivity contribution in [1.82, 2.24) is 0 Å². The van der Waals surface area contributed by atoms with Gasteiger partial charge in [-0.25, -0.2) is 9.18 Å². The van der Waals surface area contributed by atoms with Gasteiger partial charge in [0.1, 0.15) is 5.82 Å². The summed E-state index contributed by atoms with van der Waals surface area (Å²) >= 11 is 0. The second-order valence-electron chi connectivity index (χ2n) is 4.98. The Labute approximate surface area is 127 Å². The zero-order chi connectivity index (χ0) is 15.9. The summed E-state index contributed by atoms with van der Waals surface area (Å²) < 4.78 is 24.3. The Morgan fingerprint density at radius 1 is 1.36 bits per heavy atom. The van der Waals surface area contributed by atoms with Crippen LogP contribution in [0.2, 0.25) is 0 Å². The Hall–Kier alpha value is -1.99. The highest BCUT2D eigenvalue weighted by molar-refractivity contribution is 5.94. The highest BCUT2D eigenvalue weighted by Crippen LogP contribution is 2.17. The lowest BCUT2D eigenvalue weighted by Gasteiger charge is -2.22. The van der Waals surface area contributed by atoms with Gasteiger partial charge in [-0.15, -0.1) is 0 Å². The number of amides is 1. The number of rotatable bonds is 6. The summed E-state index contributed by atoms with van der Waals surface area (Å²) in [4.78, 5) is 22.6. The number of carbonyl (C=O) groups excluding carboxylic acids is 1. The predicted molar refractivity (Wildman–Crippen MR) is 76.4 cm³/mol. The SMILES string of the molecule is O=C(CCOC1CCOCC1)Nc1cc(C(=O)O)ccc1F. The van der Waals surface area contributed by atoms with Crippen molar-refractivity contribution in [2.24, 2.45) is 0 Å². The van der Waals surface area contributed by atoms with E-state index in [1.165, 1.54) is 0 Å². The van der Waals surface area contributed by atoms with Crippen molar-refractivity contribution in [3.8, 4) is 0 Å². The molecule has 7 heteroatoms. The van der Waals surface area contributed by atoms with Crippen molar-refractivity contribution < 1.29 is 28.6 Å². The topological polar surface area (TPSA) is 84.9 Å². The first-order chi connectivity index (χ1) is 10.6. The maximum atomic E-state index is 13.6. The molecule has 2 N–H and O–H groups in total. The molecule has 0 bridgehead atoms. The van der Waals surface area contributed by atoms with E-state index in [1.807, 2.05) is 0 Å². The van der Waals surface area contributed by atoms with Gasteiger partial charge in [-0.2, -0.15) is 0 Å². The lowest BCUT2D eigenvalue weighted by molar-refractivity contribution is -0.118. The fraction of sp³-hybridized carbons (Fsp3) is 0.467. The fourth-order valence-electron chi connectivity index (χ4n) is 2.13. The van der Waals surface area contributed by atoms with Crippen LogP contribution >= 0.6 is 0 Å². The maximum Gasteiger partial charge on any atom is 0.335 e. The standard InChI is InChI=1S/C15H18FNO5/c16-12-2-1-10(15(19)20)9-13(12)17-14(18)5-8-22-11-3-6-21-7-4-11/h1-2,9,11H,3-8H2,(H,17,18)(H,19,20). The van der Waals surface area contributed by atoms with E-state index in [-0.39, 0.29) is 30.4 Å². The third kappa shape index (κ3) is 4.78. The average Bonchev–Trinajstić information content (AvgIpc) is 2.50. The number of benzene rings is 1. The van der Waals surface area contributed by atoms with Crippen LogP contribution in [0.4, 0.5) is 10.1 Å². The number of carbonyl (C=O) groups is 2. The number of anilines is 1. The van der Waals surface area contributed by atoms with Crippen LogP contribution in [0.25, 0.3) is 0 Å². The van der Waals surface area contributed by atoms with E-state index < -0.39 is 17.7 Å². The maximum absolute atomic E-state index is 13.6. The van der Waals surface area contributed by atoms with E-state index in [4.69, 9.17) is 14.6 Å². The predicted octanol–water partition coefficient (Wildman–Crippen LogP) is 2.05. The van der Waals surface area contributed by atoms with E-state index in [2.05, 4.69) is 5.32 Å². The molecule has 2 rings (SSSR count). The molecule has 0 unspecified atom stereocenters. The van der Waals surface area contributed by atoms with Gasteiger partial charge >= 0.3 is 5.97 Å². The quantitative estimate of drug-likeness (QED) is 0.840. The molecule has 0 aliphatic carbocycles. The van der Waals surface area contributed by atoms with Gasteiger partial charge in [-0.05, 0) is 31.0 Å². The van der Waals surface area contributed by atoms with Crippen LogP contribution in [0, 0.1) is 5.82 Å². The average molecular weight is 311 g/mol. The minimum atomic E-state index is -1.18. The Kier molecular flexibility index (Phi) is 5.85. The molecule has 0 radical (unpaired) electrons. The molecule has 0 saturated carbocycles. The molecule has 0 atom stereocenters. The molecule has 1 saturated heterocycles. The van der Waals surface area contributed by atoms with Gasteiger partial charge in [0, 0.05) is 13.2 Å². The van der Waals surface area contributed by atoms with Crippen molar-refractivity contribution in [2.75, 3.05) is 25.1 Å². The van der Waals surface area contributed by atoms with Gasteiger partial charge in [-0.3, -0.25) is 4.79 Å². The van der Waals surface area contributed by atoms with Crippen LogP contribution in [0.3, 0.4) is 0 Å². The Balaban J connectivity index is 1.81. The van der Waals surface area contributed by atoms with Gasteiger partial charge in [0.25, 0.3) is 0 Å². The first kappa shape index (κ1) is 16.4. The molecular formula is C15H18FNO5. The number of carboxylic acids is 1. The highest BCUT2D eigenvalue weighted by Gasteiger charge is 2.15. The molecule has 1 aromatic rings. The van der Waals surface area contributed by atoms with Gasteiger partial charge in [0.2, 0.25) is 5.91 Å². The molecule has 120 valence electrons. The van der Waals surface area contributed by atoms with Crippen LogP contribution in [-0.2, 0) is 14.3 Å². The smallest absolute Gasteiger partial charge is 0.335 e. The summed E-state index contributed by atoms with van der Waals surface area (Å²) in [6.07, 6.45) is 1.77. The van der Waals surface area contributed by atoms with Crippen LogP contribution in [0.15, 0.2) is 18.2 Å². The largest absolute Gasteiger partial charge is 0.478 e. The van der Waals surface area contributed by atoms with Crippen LogP contribution in [-0.4, -0.2) is 42.9 Å². The molecule has 22 heavy (non-hydrogen) atoms. The van der Waals surface area contributed by atoms with Crippen LogP contribution in [0.1, 0.15) is 29.6 Å². The number of halogens is 1. The number of ether oxygens (including phenoxy) is 2. The van der Waals surface area contributed by atoms with Crippen molar-refractivity contribution in [3.05, 3.63) is 29.6 Å². The Morgan fingerprint density at radius 3 is 2.77 bits per heavy atom. The number of aromatic carboxylic acids is 1. The molecule has 1 heterocycles. The molecule has 6 nitrogen and oxygen atoms in total. The summed E-state index contributed by atoms with van der Waals surface area (Å²) in [5.41, 5.74) is -0.230. The summed E-state index contributed by atoms with van der Waals surface area (Å²) in [6, 6.07) is 3.24. The van der Waals surface area contributed by atoms with Gasteiger partial charge in [-0.1, -0.05) is 0 Å². The van der Waals surface area contributed by atoms with Gasteiger partial charge in [0.15, 0.2) is 0 Å². The molecule has 1 aromatic carbocycles. The van der Waals surface area contributed by atoms with E-state index in [9.17, 15) is 14.0 Å². The fourth-order valence-corrected chi connectivity index (χ4v) is 2.13. The summed E-state index contributed by atoms with van der Waals surface area (Å²) in [5.74, 6) is -2.28. The summed E-state index contributed by atoms with van der Waals surface area (Å²) in [5, 5.41) is 11.2. The second kappa shape index (κ2) is 7.86. The molecule has 0 spiro atoms. The zero-order valence-corrected chi connectivity index (χ0v) is 12.0. The minimum absolute atomic E-state index is 0.0775. The van der Waals surface area contributed by atoms with Gasteiger partial charge < -0.3 is 19.9 Å². The molecule has 1 aliphatic rings. The lowest BCUT2D eigenvalue weighted by Crippen LogP contribution is -2.25. The second-order valence-corrected chi connectivity index (χ2v) is 4.98. The monoisotopic (exact) mass is 311 g/mol. The van der Waals surface area contributed by atoms with Crippen LogP contribution < -0.4 is 5.32 Å². The van der Waals surface area contributed by atoms with Crippen molar-refractivity contribution in [1.29, 1.82) is 0 Å². The number of nitrogens with one attached hydrogen (secondary N) is 1.